The van der Waals surface area contributed by atoms with Crippen molar-refractivity contribution in [1.29, 1.82) is 0 Å². The molecule has 0 fully saturated rings. The number of aromatic hydroxyl groups is 1. The number of rotatable bonds is 4. The van der Waals surface area contributed by atoms with Crippen LogP contribution in [0.15, 0.2) is 47.4 Å². The molecule has 0 aliphatic heterocycles. The summed E-state index contributed by atoms with van der Waals surface area (Å²) in [4.78, 5) is 33.7. The van der Waals surface area contributed by atoms with E-state index in [0.717, 1.165) is 10.3 Å². The monoisotopic (exact) mass is 324 g/mol. The van der Waals surface area contributed by atoms with E-state index in [0.29, 0.717) is 10.9 Å². The topological polar surface area (TPSA) is 81.4 Å². The van der Waals surface area contributed by atoms with Crippen molar-refractivity contribution in [2.24, 2.45) is 0 Å². The highest BCUT2D eigenvalue weighted by molar-refractivity contribution is 5.97. The fourth-order valence-corrected chi connectivity index (χ4v) is 2.37. The van der Waals surface area contributed by atoms with Gasteiger partial charge < -0.3 is 9.94 Å². The van der Waals surface area contributed by atoms with E-state index >= 15 is 0 Å². The first-order valence-electron chi connectivity index (χ1n) is 7.41. The van der Waals surface area contributed by atoms with E-state index in [1.54, 1.807) is 0 Å². The summed E-state index contributed by atoms with van der Waals surface area (Å²) in [6.45, 7) is 3.09. The van der Waals surface area contributed by atoms with Gasteiger partial charge in [-0.2, -0.15) is 0 Å². The third-order valence-corrected chi connectivity index (χ3v) is 3.78. The third-order valence-electron chi connectivity index (χ3n) is 3.78. The van der Waals surface area contributed by atoms with Gasteiger partial charge in [0.15, 0.2) is 11.4 Å². The predicted octanol–water partition coefficient (Wildman–Crippen LogP) is 2.24. The predicted molar refractivity (Wildman–Crippen MR) is 89.1 cm³/mol. The minimum Gasteiger partial charge on any atom is -0.507 e. The molecular formula is C18H16N2O4. The quantitative estimate of drug-likeness (QED) is 0.744. The van der Waals surface area contributed by atoms with Gasteiger partial charge in [-0.1, -0.05) is 30.3 Å². The summed E-state index contributed by atoms with van der Waals surface area (Å²) >= 11 is 0. The van der Waals surface area contributed by atoms with E-state index in [1.165, 1.54) is 26.1 Å². The number of aromatic nitrogens is 2. The van der Waals surface area contributed by atoms with Crippen molar-refractivity contribution in [2.75, 3.05) is 0 Å². The van der Waals surface area contributed by atoms with Gasteiger partial charge in [-0.15, -0.1) is 4.73 Å². The standard InChI is InChI=1S/C18H16N2O4/c1-11-16(22)15-8-14(12(2)21)9-19-17(15)20(18(11)23)24-10-13-6-4-3-5-7-13/h3-9,22H,10H2,1-2H3. The second-order valence-corrected chi connectivity index (χ2v) is 5.48. The SMILES string of the molecule is CC(=O)c1cnc2c(c1)c(O)c(C)c(=O)n2OCc1ccccc1. The van der Waals surface area contributed by atoms with Crippen molar-refractivity contribution in [3.63, 3.8) is 0 Å². The van der Waals surface area contributed by atoms with Gasteiger partial charge in [-0.05, 0) is 25.5 Å². The van der Waals surface area contributed by atoms with Gasteiger partial charge in [0.2, 0.25) is 0 Å². The zero-order valence-electron chi connectivity index (χ0n) is 13.3. The summed E-state index contributed by atoms with van der Waals surface area (Å²) in [6.07, 6.45) is 1.36. The summed E-state index contributed by atoms with van der Waals surface area (Å²) in [7, 11) is 0. The Labute approximate surface area is 137 Å². The van der Waals surface area contributed by atoms with Gasteiger partial charge in [0.25, 0.3) is 5.56 Å². The van der Waals surface area contributed by atoms with Crippen molar-refractivity contribution in [2.45, 2.75) is 20.5 Å². The second-order valence-electron chi connectivity index (χ2n) is 5.48. The number of benzene rings is 1. The van der Waals surface area contributed by atoms with Crippen LogP contribution in [0.1, 0.15) is 28.4 Å². The Kier molecular flexibility index (Phi) is 4.04. The second kappa shape index (κ2) is 6.16. The van der Waals surface area contributed by atoms with E-state index in [2.05, 4.69) is 4.98 Å². The van der Waals surface area contributed by atoms with Crippen LogP contribution in [0.2, 0.25) is 0 Å². The molecule has 2 heterocycles. The largest absolute Gasteiger partial charge is 0.507 e. The molecule has 0 aliphatic carbocycles. The van der Waals surface area contributed by atoms with Crippen molar-refractivity contribution in [1.82, 2.24) is 9.71 Å². The van der Waals surface area contributed by atoms with Crippen LogP contribution < -0.4 is 10.4 Å². The van der Waals surface area contributed by atoms with Crippen molar-refractivity contribution < 1.29 is 14.7 Å². The number of carbonyl (C=O) groups excluding carboxylic acids is 1. The molecule has 6 nitrogen and oxygen atoms in total. The molecule has 24 heavy (non-hydrogen) atoms. The lowest BCUT2D eigenvalue weighted by molar-refractivity contribution is 0.0969. The van der Waals surface area contributed by atoms with Gasteiger partial charge in [-0.3, -0.25) is 9.59 Å². The van der Waals surface area contributed by atoms with Gasteiger partial charge in [-0.25, -0.2) is 4.98 Å². The summed E-state index contributed by atoms with van der Waals surface area (Å²) in [5, 5.41) is 10.5. The lowest BCUT2D eigenvalue weighted by atomic mass is 10.1. The normalized spacial score (nSPS) is 10.8. The maximum absolute atomic E-state index is 12.4. The number of Topliss-reactive ketones (excluding diaryl/α,β-unsaturated/α-hetero) is 1. The maximum atomic E-state index is 12.4. The van der Waals surface area contributed by atoms with Crippen LogP contribution in [0.3, 0.4) is 0 Å². The Hall–Kier alpha value is -3.15. The molecule has 2 aromatic heterocycles. The van der Waals surface area contributed by atoms with E-state index in [9.17, 15) is 14.7 Å². The van der Waals surface area contributed by atoms with Crippen LogP contribution in [0.4, 0.5) is 0 Å². The summed E-state index contributed by atoms with van der Waals surface area (Å²) in [5.41, 5.74) is 1.06. The van der Waals surface area contributed by atoms with Gasteiger partial charge in [0.05, 0.1) is 10.9 Å². The lowest BCUT2D eigenvalue weighted by Gasteiger charge is -2.14. The van der Waals surface area contributed by atoms with Gasteiger partial charge in [0.1, 0.15) is 12.4 Å². The zero-order chi connectivity index (χ0) is 17.3. The summed E-state index contributed by atoms with van der Waals surface area (Å²) in [5.74, 6) is -0.366. The van der Waals surface area contributed by atoms with Crippen LogP contribution in [0.25, 0.3) is 11.0 Å². The molecule has 0 amide bonds. The van der Waals surface area contributed by atoms with Crippen molar-refractivity contribution in [3.05, 3.63) is 69.6 Å². The minimum absolute atomic E-state index is 0.137. The third kappa shape index (κ3) is 2.74. The molecule has 0 radical (unpaired) electrons. The Bertz CT molecular complexity index is 978. The van der Waals surface area contributed by atoms with Crippen LogP contribution in [0.5, 0.6) is 5.75 Å². The molecule has 6 heteroatoms. The molecule has 0 bridgehead atoms. The molecule has 3 aromatic rings. The molecule has 122 valence electrons. The molecule has 1 N–H and O–H groups in total. The first-order valence-corrected chi connectivity index (χ1v) is 7.41. The van der Waals surface area contributed by atoms with Crippen LogP contribution in [-0.4, -0.2) is 20.6 Å². The molecule has 0 saturated heterocycles. The first-order chi connectivity index (χ1) is 11.5. The van der Waals surface area contributed by atoms with Crippen molar-refractivity contribution in [3.8, 4) is 5.75 Å². The molecule has 0 unspecified atom stereocenters. The Morgan fingerprint density at radius 1 is 1.29 bits per heavy atom. The molecule has 0 aliphatic rings. The molecule has 1 aromatic carbocycles. The number of hydrogen-bond donors (Lipinski definition) is 1. The molecular weight excluding hydrogens is 308 g/mol. The Morgan fingerprint density at radius 2 is 2.00 bits per heavy atom. The zero-order valence-corrected chi connectivity index (χ0v) is 13.3. The highest BCUT2D eigenvalue weighted by Crippen LogP contribution is 2.25. The number of hydrogen-bond acceptors (Lipinski definition) is 5. The van der Waals surface area contributed by atoms with Crippen LogP contribution in [0, 0.1) is 6.92 Å². The Morgan fingerprint density at radius 3 is 2.67 bits per heavy atom. The van der Waals surface area contributed by atoms with Gasteiger partial charge >= 0.3 is 0 Å². The highest BCUT2D eigenvalue weighted by Gasteiger charge is 2.16. The van der Waals surface area contributed by atoms with E-state index in [4.69, 9.17) is 4.84 Å². The van der Waals surface area contributed by atoms with E-state index in [-0.39, 0.29) is 29.4 Å². The van der Waals surface area contributed by atoms with E-state index in [1.807, 2.05) is 30.3 Å². The molecule has 0 spiro atoms. The average molecular weight is 324 g/mol. The number of ketones is 1. The van der Waals surface area contributed by atoms with E-state index < -0.39 is 5.56 Å². The lowest BCUT2D eigenvalue weighted by Crippen LogP contribution is -2.29. The van der Waals surface area contributed by atoms with Crippen LogP contribution >= 0.6 is 0 Å². The van der Waals surface area contributed by atoms with Crippen LogP contribution in [-0.2, 0) is 6.61 Å². The Balaban J connectivity index is 2.12. The maximum Gasteiger partial charge on any atom is 0.291 e. The fraction of sp³-hybridized carbons (Fsp3) is 0.167. The number of nitrogens with zero attached hydrogens (tertiary/aromatic N) is 2. The van der Waals surface area contributed by atoms with Crippen molar-refractivity contribution >= 4 is 16.8 Å². The average Bonchev–Trinajstić information content (AvgIpc) is 2.60. The number of carbonyl (C=O) groups is 1. The first kappa shape index (κ1) is 15.7. The van der Waals surface area contributed by atoms with Gasteiger partial charge in [0, 0.05) is 11.8 Å². The fourth-order valence-electron chi connectivity index (χ4n) is 2.37. The smallest absolute Gasteiger partial charge is 0.291 e. The molecule has 0 saturated carbocycles. The number of pyridine rings is 2. The highest BCUT2D eigenvalue weighted by atomic mass is 16.7. The minimum atomic E-state index is -0.487. The summed E-state index contributed by atoms with van der Waals surface area (Å²) < 4.78 is 1.06. The molecule has 3 rings (SSSR count). The molecule has 0 atom stereocenters. The summed E-state index contributed by atoms with van der Waals surface area (Å²) in [6, 6.07) is 10.9. The number of fused-ring (bicyclic) bond motifs is 1.